The summed E-state index contributed by atoms with van der Waals surface area (Å²) in [6.45, 7) is 2.64. The molecule has 1 aromatic carbocycles. The predicted octanol–water partition coefficient (Wildman–Crippen LogP) is 1.02. The number of hydrogen-bond donors (Lipinski definition) is 1. The number of benzene rings is 1. The Morgan fingerprint density at radius 3 is 2.76 bits per heavy atom. The highest BCUT2D eigenvalue weighted by molar-refractivity contribution is 7.88. The summed E-state index contributed by atoms with van der Waals surface area (Å²) in [4.78, 5) is 16.5. The average molecular weight is 367 g/mol. The summed E-state index contributed by atoms with van der Waals surface area (Å²) in [5.74, 6) is 0. The normalized spacial score (nSPS) is 24.1. The first kappa shape index (κ1) is 18.2. The van der Waals surface area contributed by atoms with E-state index in [-0.39, 0.29) is 24.8 Å². The number of carbonyl (C=O) groups is 1. The van der Waals surface area contributed by atoms with Crippen molar-refractivity contribution in [2.24, 2.45) is 0 Å². The van der Waals surface area contributed by atoms with Crippen molar-refractivity contribution in [1.29, 1.82) is 0 Å². The maximum Gasteiger partial charge on any atom is 0.410 e. The average Bonchev–Trinajstić information content (AvgIpc) is 3.06. The van der Waals surface area contributed by atoms with Crippen LogP contribution in [0.25, 0.3) is 0 Å². The van der Waals surface area contributed by atoms with Gasteiger partial charge in [-0.1, -0.05) is 30.3 Å². The molecule has 1 N–H and O–H groups in total. The summed E-state index contributed by atoms with van der Waals surface area (Å²) >= 11 is 0. The number of piperazine rings is 1. The van der Waals surface area contributed by atoms with Crippen LogP contribution in [0.5, 0.6) is 0 Å². The molecule has 2 aliphatic heterocycles. The van der Waals surface area contributed by atoms with E-state index in [2.05, 4.69) is 9.62 Å². The Labute approximate surface area is 149 Å². The number of nitrogens with zero attached hydrogens (tertiary/aromatic N) is 2. The van der Waals surface area contributed by atoms with Crippen LogP contribution in [0, 0.1) is 0 Å². The maximum absolute atomic E-state index is 12.5. The summed E-state index contributed by atoms with van der Waals surface area (Å²) in [7, 11) is -3.25. The Balaban J connectivity index is 1.60. The molecule has 2 fully saturated rings. The van der Waals surface area contributed by atoms with E-state index in [0.717, 1.165) is 31.2 Å². The quantitative estimate of drug-likeness (QED) is 0.841. The number of ether oxygens (including phenoxy) is 1. The highest BCUT2D eigenvalue weighted by atomic mass is 32.2. The lowest BCUT2D eigenvalue weighted by Gasteiger charge is -2.43. The van der Waals surface area contributed by atoms with E-state index >= 15 is 0 Å². The van der Waals surface area contributed by atoms with Gasteiger partial charge in [0, 0.05) is 31.7 Å². The van der Waals surface area contributed by atoms with Crippen LogP contribution in [0.2, 0.25) is 0 Å². The number of nitrogens with one attached hydrogen (secondary N) is 1. The fraction of sp³-hybridized carbons (Fsp3) is 0.588. The molecule has 0 aromatic heterocycles. The smallest absolute Gasteiger partial charge is 0.410 e. The third-order valence-electron chi connectivity index (χ3n) is 4.80. The van der Waals surface area contributed by atoms with Gasteiger partial charge in [-0.15, -0.1) is 0 Å². The van der Waals surface area contributed by atoms with Gasteiger partial charge < -0.3 is 9.64 Å². The molecule has 25 heavy (non-hydrogen) atoms. The SMILES string of the molecule is CS(=O)(=O)NCC1CN(C(=O)OCc2ccccc2)C[C@@H]2CCCN12. The summed E-state index contributed by atoms with van der Waals surface area (Å²) in [6, 6.07) is 9.84. The van der Waals surface area contributed by atoms with Crippen LogP contribution in [0.3, 0.4) is 0 Å². The molecule has 1 amide bonds. The lowest BCUT2D eigenvalue weighted by Crippen LogP contribution is -2.60. The Bertz CT molecular complexity index is 695. The van der Waals surface area contributed by atoms with Crippen molar-refractivity contribution in [2.45, 2.75) is 31.5 Å². The minimum atomic E-state index is -3.25. The monoisotopic (exact) mass is 367 g/mol. The van der Waals surface area contributed by atoms with Crippen LogP contribution in [0.15, 0.2) is 30.3 Å². The molecule has 0 aliphatic carbocycles. The van der Waals surface area contributed by atoms with Crippen LogP contribution < -0.4 is 4.72 Å². The number of rotatable bonds is 5. The lowest BCUT2D eigenvalue weighted by atomic mass is 10.1. The van der Waals surface area contributed by atoms with Crippen molar-refractivity contribution < 1.29 is 17.9 Å². The summed E-state index contributed by atoms with van der Waals surface area (Å²) in [6.07, 6.45) is 2.92. The lowest BCUT2D eigenvalue weighted by molar-refractivity contribution is 0.0338. The first-order valence-corrected chi connectivity index (χ1v) is 10.5. The molecule has 1 unspecified atom stereocenters. The molecule has 2 saturated heterocycles. The van der Waals surface area contributed by atoms with E-state index in [1.54, 1.807) is 4.90 Å². The van der Waals surface area contributed by atoms with Crippen molar-refractivity contribution in [3.63, 3.8) is 0 Å². The van der Waals surface area contributed by atoms with Gasteiger partial charge in [0.2, 0.25) is 10.0 Å². The molecule has 3 rings (SSSR count). The molecule has 2 aliphatic rings. The van der Waals surface area contributed by atoms with Crippen LogP contribution in [0.1, 0.15) is 18.4 Å². The maximum atomic E-state index is 12.5. The van der Waals surface area contributed by atoms with E-state index in [1.165, 1.54) is 0 Å². The number of fused-ring (bicyclic) bond motifs is 1. The number of amides is 1. The van der Waals surface area contributed by atoms with E-state index in [0.29, 0.717) is 19.6 Å². The molecule has 2 atom stereocenters. The predicted molar refractivity (Wildman–Crippen MR) is 94.6 cm³/mol. The van der Waals surface area contributed by atoms with Crippen molar-refractivity contribution in [1.82, 2.24) is 14.5 Å². The van der Waals surface area contributed by atoms with Crippen molar-refractivity contribution >= 4 is 16.1 Å². The molecule has 138 valence electrons. The van der Waals surface area contributed by atoms with Gasteiger partial charge in [-0.3, -0.25) is 4.90 Å². The van der Waals surface area contributed by atoms with Crippen molar-refractivity contribution in [3.8, 4) is 0 Å². The van der Waals surface area contributed by atoms with Gasteiger partial charge in [-0.2, -0.15) is 0 Å². The number of carbonyl (C=O) groups excluding carboxylic acids is 1. The van der Waals surface area contributed by atoms with Gasteiger partial charge in [-0.25, -0.2) is 17.9 Å². The van der Waals surface area contributed by atoms with E-state index in [9.17, 15) is 13.2 Å². The highest BCUT2D eigenvalue weighted by Crippen LogP contribution is 2.26. The van der Waals surface area contributed by atoms with Gasteiger partial charge in [0.1, 0.15) is 6.61 Å². The first-order valence-electron chi connectivity index (χ1n) is 8.58. The molecule has 0 bridgehead atoms. The molecule has 1 aromatic rings. The van der Waals surface area contributed by atoms with Crippen LogP contribution >= 0.6 is 0 Å². The fourth-order valence-electron chi connectivity index (χ4n) is 3.61. The zero-order valence-electron chi connectivity index (χ0n) is 14.4. The van der Waals surface area contributed by atoms with Gasteiger partial charge in [-0.05, 0) is 24.9 Å². The van der Waals surface area contributed by atoms with Crippen LogP contribution in [-0.4, -0.2) is 68.8 Å². The Hall–Kier alpha value is -1.64. The molecule has 7 nitrogen and oxygen atoms in total. The van der Waals surface area contributed by atoms with Gasteiger partial charge in [0.25, 0.3) is 0 Å². The first-order chi connectivity index (χ1) is 11.9. The van der Waals surface area contributed by atoms with Gasteiger partial charge >= 0.3 is 6.09 Å². The standard InChI is InChI=1S/C17H25N3O4S/c1-25(22,23)18-10-16-12-19(11-15-8-5-9-20(15)16)17(21)24-13-14-6-3-2-4-7-14/h2-4,6-7,15-16,18H,5,8-13H2,1H3/t15-,16?/m0/s1. The van der Waals surface area contributed by atoms with Gasteiger partial charge in [0.15, 0.2) is 0 Å². The zero-order valence-corrected chi connectivity index (χ0v) is 15.2. The minimum absolute atomic E-state index is 0.0137. The van der Waals surface area contributed by atoms with E-state index in [4.69, 9.17) is 4.74 Å². The van der Waals surface area contributed by atoms with E-state index < -0.39 is 10.0 Å². The second-order valence-electron chi connectivity index (χ2n) is 6.75. The number of sulfonamides is 1. The summed E-state index contributed by atoms with van der Waals surface area (Å²) in [5, 5.41) is 0. The molecule has 2 heterocycles. The second-order valence-corrected chi connectivity index (χ2v) is 8.59. The molecule has 0 spiro atoms. The number of hydrogen-bond acceptors (Lipinski definition) is 5. The third kappa shape index (κ3) is 4.93. The molecule has 0 saturated carbocycles. The highest BCUT2D eigenvalue weighted by Gasteiger charge is 2.39. The summed E-state index contributed by atoms with van der Waals surface area (Å²) in [5.41, 5.74) is 0.950. The summed E-state index contributed by atoms with van der Waals surface area (Å²) < 4.78 is 30.8. The Morgan fingerprint density at radius 1 is 1.28 bits per heavy atom. The minimum Gasteiger partial charge on any atom is -0.445 e. The Morgan fingerprint density at radius 2 is 2.04 bits per heavy atom. The van der Waals surface area contributed by atoms with Crippen molar-refractivity contribution in [3.05, 3.63) is 35.9 Å². The van der Waals surface area contributed by atoms with Crippen molar-refractivity contribution in [2.75, 3.05) is 32.4 Å². The largest absolute Gasteiger partial charge is 0.445 e. The Kier molecular flexibility index (Phi) is 5.61. The van der Waals surface area contributed by atoms with Crippen LogP contribution in [-0.2, 0) is 21.4 Å². The third-order valence-corrected chi connectivity index (χ3v) is 5.49. The fourth-order valence-corrected chi connectivity index (χ4v) is 4.11. The molecular weight excluding hydrogens is 342 g/mol. The van der Waals surface area contributed by atoms with Crippen LogP contribution in [0.4, 0.5) is 4.79 Å². The van der Waals surface area contributed by atoms with Gasteiger partial charge in [0.05, 0.1) is 6.26 Å². The zero-order chi connectivity index (χ0) is 17.9. The second kappa shape index (κ2) is 7.72. The molecule has 8 heteroatoms. The topological polar surface area (TPSA) is 79.0 Å². The van der Waals surface area contributed by atoms with E-state index in [1.807, 2.05) is 30.3 Å². The molecular formula is C17H25N3O4S. The molecule has 0 radical (unpaired) electrons.